The molecule has 1 aliphatic heterocycles. The fourth-order valence-electron chi connectivity index (χ4n) is 1.33. The SMILES string of the molecule is O=C(NOC1CCC1)C1CSCCS1. The Kier molecular flexibility index (Phi) is 4.01. The standard InChI is InChI=1S/C9H15NO2S2/c11-9(8-6-13-4-5-14-8)10-12-7-2-1-3-7/h7-8H,1-6H2,(H,10,11). The zero-order chi connectivity index (χ0) is 9.80. The van der Waals surface area contributed by atoms with Gasteiger partial charge in [0.15, 0.2) is 0 Å². The molecule has 0 spiro atoms. The van der Waals surface area contributed by atoms with E-state index in [0.717, 1.165) is 30.1 Å². The lowest BCUT2D eigenvalue weighted by molar-refractivity contribution is -0.141. The van der Waals surface area contributed by atoms with Gasteiger partial charge in [0.1, 0.15) is 0 Å². The quantitative estimate of drug-likeness (QED) is 0.749. The van der Waals surface area contributed by atoms with Gasteiger partial charge in [-0.25, -0.2) is 5.48 Å². The molecule has 0 radical (unpaired) electrons. The monoisotopic (exact) mass is 233 g/mol. The van der Waals surface area contributed by atoms with Crippen LogP contribution < -0.4 is 5.48 Å². The fraction of sp³-hybridized carbons (Fsp3) is 0.889. The smallest absolute Gasteiger partial charge is 0.257 e. The van der Waals surface area contributed by atoms with E-state index in [1.807, 2.05) is 11.8 Å². The molecule has 3 nitrogen and oxygen atoms in total. The number of thioether (sulfide) groups is 2. The predicted molar refractivity (Wildman–Crippen MR) is 60.4 cm³/mol. The second-order valence-corrected chi connectivity index (χ2v) is 6.03. The van der Waals surface area contributed by atoms with Crippen LogP contribution in [0, 0.1) is 0 Å². The first-order valence-corrected chi connectivity index (χ1v) is 7.21. The van der Waals surface area contributed by atoms with Crippen molar-refractivity contribution in [2.75, 3.05) is 17.3 Å². The third-order valence-corrected chi connectivity index (χ3v) is 5.24. The van der Waals surface area contributed by atoms with Crippen LogP contribution in [0.3, 0.4) is 0 Å². The Morgan fingerprint density at radius 3 is 2.79 bits per heavy atom. The molecule has 5 heteroatoms. The van der Waals surface area contributed by atoms with Crippen LogP contribution in [0.1, 0.15) is 19.3 Å². The average Bonchev–Trinajstić information content (AvgIpc) is 2.16. The maximum absolute atomic E-state index is 11.6. The van der Waals surface area contributed by atoms with E-state index in [4.69, 9.17) is 4.84 Å². The molecule has 14 heavy (non-hydrogen) atoms. The van der Waals surface area contributed by atoms with Crippen LogP contribution in [-0.2, 0) is 9.63 Å². The van der Waals surface area contributed by atoms with Gasteiger partial charge < -0.3 is 0 Å². The number of nitrogens with one attached hydrogen (secondary N) is 1. The van der Waals surface area contributed by atoms with Crippen molar-refractivity contribution in [3.63, 3.8) is 0 Å². The topological polar surface area (TPSA) is 38.3 Å². The van der Waals surface area contributed by atoms with Crippen molar-refractivity contribution in [3.8, 4) is 0 Å². The van der Waals surface area contributed by atoms with Gasteiger partial charge in [0.25, 0.3) is 5.91 Å². The van der Waals surface area contributed by atoms with Gasteiger partial charge in [0.05, 0.1) is 11.4 Å². The van der Waals surface area contributed by atoms with E-state index >= 15 is 0 Å². The highest BCUT2D eigenvalue weighted by atomic mass is 32.2. The molecule has 0 bridgehead atoms. The summed E-state index contributed by atoms with van der Waals surface area (Å²) in [6.45, 7) is 0. The first-order valence-electron chi connectivity index (χ1n) is 5.01. The minimum atomic E-state index is 0.0501. The molecule has 2 fully saturated rings. The van der Waals surface area contributed by atoms with E-state index < -0.39 is 0 Å². The van der Waals surface area contributed by atoms with Crippen LogP contribution in [0.2, 0.25) is 0 Å². The Morgan fingerprint density at radius 1 is 1.36 bits per heavy atom. The molecular weight excluding hydrogens is 218 g/mol. The summed E-state index contributed by atoms with van der Waals surface area (Å²) in [4.78, 5) is 16.8. The highest BCUT2D eigenvalue weighted by molar-refractivity contribution is 8.07. The van der Waals surface area contributed by atoms with Crippen molar-refractivity contribution in [3.05, 3.63) is 0 Å². The Bertz CT molecular complexity index is 203. The van der Waals surface area contributed by atoms with Crippen LogP contribution in [-0.4, -0.2) is 34.5 Å². The summed E-state index contributed by atoms with van der Waals surface area (Å²) in [6.07, 6.45) is 3.69. The molecule has 1 amide bonds. The van der Waals surface area contributed by atoms with Crippen molar-refractivity contribution in [2.24, 2.45) is 0 Å². The fourth-order valence-corrected chi connectivity index (χ4v) is 3.88. The zero-order valence-corrected chi connectivity index (χ0v) is 9.66. The van der Waals surface area contributed by atoms with Gasteiger partial charge in [-0.05, 0) is 19.3 Å². The molecule has 1 saturated carbocycles. The lowest BCUT2D eigenvalue weighted by Crippen LogP contribution is -2.40. The van der Waals surface area contributed by atoms with Crippen molar-refractivity contribution in [1.82, 2.24) is 5.48 Å². The molecule has 1 unspecified atom stereocenters. The van der Waals surface area contributed by atoms with E-state index in [-0.39, 0.29) is 17.3 Å². The van der Waals surface area contributed by atoms with Crippen LogP contribution in [0.4, 0.5) is 0 Å². The molecule has 1 saturated heterocycles. The average molecular weight is 233 g/mol. The third kappa shape index (κ3) is 2.81. The number of amides is 1. The molecule has 80 valence electrons. The molecule has 2 aliphatic rings. The van der Waals surface area contributed by atoms with Crippen LogP contribution in [0.25, 0.3) is 0 Å². The molecule has 1 atom stereocenters. The van der Waals surface area contributed by atoms with Gasteiger partial charge in [-0.15, -0.1) is 11.8 Å². The Balaban J connectivity index is 1.65. The van der Waals surface area contributed by atoms with Gasteiger partial charge >= 0.3 is 0 Å². The second-order valence-electron chi connectivity index (χ2n) is 3.57. The summed E-state index contributed by atoms with van der Waals surface area (Å²) in [5.74, 6) is 3.21. The molecule has 1 N–H and O–H groups in total. The summed E-state index contributed by atoms with van der Waals surface area (Å²) in [6, 6.07) is 0. The summed E-state index contributed by atoms with van der Waals surface area (Å²) >= 11 is 3.58. The largest absolute Gasteiger partial charge is 0.271 e. The van der Waals surface area contributed by atoms with Crippen LogP contribution >= 0.6 is 23.5 Å². The van der Waals surface area contributed by atoms with Crippen LogP contribution in [0.15, 0.2) is 0 Å². The van der Waals surface area contributed by atoms with Gasteiger partial charge in [-0.1, -0.05) is 0 Å². The van der Waals surface area contributed by atoms with Gasteiger partial charge in [0, 0.05) is 17.3 Å². The second kappa shape index (κ2) is 5.28. The van der Waals surface area contributed by atoms with Gasteiger partial charge in [0.2, 0.25) is 0 Å². The molecular formula is C9H15NO2S2. The number of rotatable bonds is 3. The van der Waals surface area contributed by atoms with E-state index in [9.17, 15) is 4.79 Å². The van der Waals surface area contributed by atoms with E-state index in [0.29, 0.717) is 0 Å². The minimum Gasteiger partial charge on any atom is -0.271 e. The highest BCUT2D eigenvalue weighted by Crippen LogP contribution is 2.25. The van der Waals surface area contributed by atoms with E-state index in [1.165, 1.54) is 6.42 Å². The van der Waals surface area contributed by atoms with Crippen molar-refractivity contribution >= 4 is 29.4 Å². The van der Waals surface area contributed by atoms with Gasteiger partial charge in [-0.2, -0.15) is 11.8 Å². The molecule has 0 aromatic carbocycles. The normalized spacial score (nSPS) is 28.1. The first kappa shape index (κ1) is 10.6. The Morgan fingerprint density at radius 2 is 2.21 bits per heavy atom. The minimum absolute atomic E-state index is 0.0501. The third-order valence-electron chi connectivity index (χ3n) is 2.49. The number of hydrogen-bond acceptors (Lipinski definition) is 4. The van der Waals surface area contributed by atoms with E-state index in [2.05, 4.69) is 5.48 Å². The zero-order valence-electron chi connectivity index (χ0n) is 8.03. The van der Waals surface area contributed by atoms with Gasteiger partial charge in [-0.3, -0.25) is 9.63 Å². The lowest BCUT2D eigenvalue weighted by atomic mass is 9.97. The van der Waals surface area contributed by atoms with Crippen molar-refractivity contribution in [2.45, 2.75) is 30.6 Å². The predicted octanol–water partition coefficient (Wildman–Crippen LogP) is 1.44. The number of hydroxylamine groups is 1. The number of carbonyl (C=O) groups excluding carboxylic acids is 1. The molecule has 1 heterocycles. The molecule has 1 aliphatic carbocycles. The summed E-state index contributed by atoms with van der Waals surface area (Å²) in [5.41, 5.74) is 2.58. The molecule has 2 rings (SSSR count). The number of hydrogen-bond donors (Lipinski definition) is 1. The summed E-state index contributed by atoms with van der Waals surface area (Å²) < 4.78 is 0. The number of carbonyl (C=O) groups is 1. The highest BCUT2D eigenvalue weighted by Gasteiger charge is 2.24. The maximum atomic E-state index is 11.6. The Labute approximate surface area is 92.7 Å². The van der Waals surface area contributed by atoms with Crippen molar-refractivity contribution < 1.29 is 9.63 Å². The maximum Gasteiger partial charge on any atom is 0.257 e. The Hall–Kier alpha value is 0.130. The first-order chi connectivity index (χ1) is 6.86. The van der Waals surface area contributed by atoms with Crippen LogP contribution in [0.5, 0.6) is 0 Å². The van der Waals surface area contributed by atoms with Crippen molar-refractivity contribution in [1.29, 1.82) is 0 Å². The lowest BCUT2D eigenvalue weighted by Gasteiger charge is -2.26. The summed E-state index contributed by atoms with van der Waals surface area (Å²) in [5, 5.41) is 0.0915. The van der Waals surface area contributed by atoms with E-state index in [1.54, 1.807) is 11.8 Å². The summed E-state index contributed by atoms with van der Waals surface area (Å²) in [7, 11) is 0. The molecule has 0 aromatic rings. The molecule has 0 aromatic heterocycles.